The van der Waals surface area contributed by atoms with Gasteiger partial charge in [0.1, 0.15) is 18.3 Å². The third-order valence-electron chi connectivity index (χ3n) is 6.73. The molecule has 0 saturated carbocycles. The van der Waals surface area contributed by atoms with Crippen LogP contribution in [0.1, 0.15) is 45.2 Å². The van der Waals surface area contributed by atoms with E-state index in [4.69, 9.17) is 27.9 Å². The molecule has 0 bridgehead atoms. The van der Waals surface area contributed by atoms with Crippen LogP contribution in [0.2, 0.25) is 10.0 Å². The molecule has 2 amide bonds. The predicted octanol–water partition coefficient (Wildman–Crippen LogP) is 6.48. The molecule has 0 fully saturated rings. The SMILES string of the molecule is CCOc1ccccc1N(CC(=O)N(Cc1ccc(Cl)c(Cl)c1)[C@H](CC)C(=O)NCC(C)C)S(=O)(=O)c1ccc(C)cc1. The Labute approximate surface area is 265 Å². The molecule has 232 valence electrons. The average Bonchev–Trinajstić information content (AvgIpc) is 2.97. The standard InChI is InChI=1S/C32H39Cl2N3O5S/c1-6-28(32(39)35-19-22(3)4)36(20-24-14-17-26(33)27(34)18-24)31(38)21-37(29-10-8-9-11-30(29)42-7-2)43(40,41)25-15-12-23(5)13-16-25/h8-18,22,28H,6-7,19-21H2,1-5H3,(H,35,39)/t28-/m1/s1. The Morgan fingerprint density at radius 3 is 2.23 bits per heavy atom. The maximum absolute atomic E-state index is 14.3. The van der Waals surface area contributed by atoms with Gasteiger partial charge in [-0.05, 0) is 68.1 Å². The largest absolute Gasteiger partial charge is 0.492 e. The highest BCUT2D eigenvalue weighted by Crippen LogP contribution is 2.33. The highest BCUT2D eigenvalue weighted by molar-refractivity contribution is 7.92. The van der Waals surface area contributed by atoms with E-state index < -0.39 is 28.5 Å². The van der Waals surface area contributed by atoms with E-state index in [1.807, 2.05) is 20.8 Å². The lowest BCUT2D eigenvalue weighted by atomic mass is 10.1. The van der Waals surface area contributed by atoms with Crippen LogP contribution in [0.25, 0.3) is 0 Å². The summed E-state index contributed by atoms with van der Waals surface area (Å²) < 4.78 is 35.1. The van der Waals surface area contributed by atoms with Gasteiger partial charge in [0.25, 0.3) is 10.0 Å². The Morgan fingerprint density at radius 2 is 1.63 bits per heavy atom. The third-order valence-corrected chi connectivity index (χ3v) is 9.24. The summed E-state index contributed by atoms with van der Waals surface area (Å²) in [5.74, 6) is -0.385. The summed E-state index contributed by atoms with van der Waals surface area (Å²) >= 11 is 12.4. The van der Waals surface area contributed by atoms with Gasteiger partial charge in [0.05, 0.1) is 27.2 Å². The second kappa shape index (κ2) is 15.5. The van der Waals surface area contributed by atoms with Crippen molar-refractivity contribution in [2.75, 3.05) is 24.0 Å². The molecule has 0 saturated heterocycles. The van der Waals surface area contributed by atoms with E-state index in [0.29, 0.717) is 40.9 Å². The van der Waals surface area contributed by atoms with Crippen molar-refractivity contribution in [1.82, 2.24) is 10.2 Å². The zero-order chi connectivity index (χ0) is 31.7. The van der Waals surface area contributed by atoms with Crippen molar-refractivity contribution >= 4 is 50.7 Å². The van der Waals surface area contributed by atoms with Crippen LogP contribution < -0.4 is 14.4 Å². The summed E-state index contributed by atoms with van der Waals surface area (Å²) in [6.45, 7) is 9.57. The second-order valence-electron chi connectivity index (χ2n) is 10.6. The van der Waals surface area contributed by atoms with Crippen LogP contribution in [0, 0.1) is 12.8 Å². The van der Waals surface area contributed by atoms with E-state index in [9.17, 15) is 18.0 Å². The van der Waals surface area contributed by atoms with Gasteiger partial charge in [-0.15, -0.1) is 0 Å². The normalized spacial score (nSPS) is 12.1. The number of hydrogen-bond acceptors (Lipinski definition) is 5. The van der Waals surface area contributed by atoms with Gasteiger partial charge in [0.15, 0.2) is 0 Å². The maximum atomic E-state index is 14.3. The maximum Gasteiger partial charge on any atom is 0.264 e. The van der Waals surface area contributed by atoms with Crippen molar-refractivity contribution in [3.63, 3.8) is 0 Å². The number of nitrogens with zero attached hydrogens (tertiary/aromatic N) is 2. The zero-order valence-electron chi connectivity index (χ0n) is 25.1. The van der Waals surface area contributed by atoms with Gasteiger partial charge in [0, 0.05) is 13.1 Å². The fourth-order valence-corrected chi connectivity index (χ4v) is 6.21. The minimum atomic E-state index is -4.23. The van der Waals surface area contributed by atoms with Crippen LogP contribution in [0.4, 0.5) is 5.69 Å². The number of carbonyl (C=O) groups is 2. The van der Waals surface area contributed by atoms with Gasteiger partial charge >= 0.3 is 0 Å². The number of para-hydroxylation sites is 2. The number of carbonyl (C=O) groups excluding carboxylic acids is 2. The molecular formula is C32H39Cl2N3O5S. The molecule has 0 spiro atoms. The number of anilines is 1. The Kier molecular flexibility index (Phi) is 12.3. The van der Waals surface area contributed by atoms with Crippen LogP contribution >= 0.6 is 23.2 Å². The van der Waals surface area contributed by atoms with E-state index in [1.165, 1.54) is 17.0 Å². The summed E-state index contributed by atoms with van der Waals surface area (Å²) in [5, 5.41) is 3.57. The first-order valence-electron chi connectivity index (χ1n) is 14.2. The number of ether oxygens (including phenoxy) is 1. The quantitative estimate of drug-likeness (QED) is 0.216. The van der Waals surface area contributed by atoms with Crippen molar-refractivity contribution in [3.8, 4) is 5.75 Å². The van der Waals surface area contributed by atoms with Crippen LogP contribution in [-0.2, 0) is 26.2 Å². The molecular weight excluding hydrogens is 609 g/mol. The number of nitrogens with one attached hydrogen (secondary N) is 1. The Morgan fingerprint density at radius 1 is 0.953 bits per heavy atom. The highest BCUT2D eigenvalue weighted by Gasteiger charge is 2.34. The van der Waals surface area contributed by atoms with Gasteiger partial charge in [0.2, 0.25) is 11.8 Å². The molecule has 0 aliphatic heterocycles. The lowest BCUT2D eigenvalue weighted by Crippen LogP contribution is -2.52. The summed E-state index contributed by atoms with van der Waals surface area (Å²) in [5.41, 5.74) is 1.74. The summed E-state index contributed by atoms with van der Waals surface area (Å²) in [7, 11) is -4.23. The fraction of sp³-hybridized carbons (Fsp3) is 0.375. The molecule has 0 heterocycles. The van der Waals surface area contributed by atoms with Crippen LogP contribution in [0.5, 0.6) is 5.75 Å². The van der Waals surface area contributed by atoms with Crippen molar-refractivity contribution in [2.45, 2.75) is 58.5 Å². The predicted molar refractivity (Wildman–Crippen MR) is 172 cm³/mol. The first-order chi connectivity index (χ1) is 20.4. The molecule has 1 N–H and O–H groups in total. The second-order valence-corrected chi connectivity index (χ2v) is 13.2. The summed E-state index contributed by atoms with van der Waals surface area (Å²) in [4.78, 5) is 29.1. The van der Waals surface area contributed by atoms with E-state index in [1.54, 1.807) is 68.4 Å². The van der Waals surface area contributed by atoms with E-state index in [2.05, 4.69) is 5.32 Å². The van der Waals surface area contributed by atoms with E-state index >= 15 is 0 Å². The van der Waals surface area contributed by atoms with Crippen molar-refractivity contribution in [2.24, 2.45) is 5.92 Å². The van der Waals surface area contributed by atoms with Crippen molar-refractivity contribution in [1.29, 1.82) is 0 Å². The molecule has 0 radical (unpaired) electrons. The number of sulfonamides is 1. The first-order valence-corrected chi connectivity index (χ1v) is 16.4. The molecule has 1 atom stereocenters. The van der Waals surface area contributed by atoms with Crippen LogP contribution in [-0.4, -0.2) is 50.9 Å². The monoisotopic (exact) mass is 647 g/mol. The lowest BCUT2D eigenvalue weighted by Gasteiger charge is -2.33. The van der Waals surface area contributed by atoms with Crippen LogP contribution in [0.3, 0.4) is 0 Å². The van der Waals surface area contributed by atoms with Gasteiger partial charge < -0.3 is 15.0 Å². The molecule has 3 aromatic rings. The molecule has 0 unspecified atom stereocenters. The van der Waals surface area contributed by atoms with Gasteiger partial charge in [-0.25, -0.2) is 8.42 Å². The molecule has 11 heteroatoms. The third kappa shape index (κ3) is 8.87. The summed E-state index contributed by atoms with van der Waals surface area (Å²) in [6.07, 6.45) is 0.303. The number of halogens is 2. The molecule has 3 aromatic carbocycles. The van der Waals surface area contributed by atoms with Gasteiger partial charge in [-0.2, -0.15) is 0 Å². The average molecular weight is 649 g/mol. The summed E-state index contributed by atoms with van der Waals surface area (Å²) in [6, 6.07) is 17.2. The van der Waals surface area contributed by atoms with Gasteiger partial charge in [-0.1, -0.05) is 79.9 Å². The molecule has 43 heavy (non-hydrogen) atoms. The zero-order valence-corrected chi connectivity index (χ0v) is 27.5. The van der Waals surface area contributed by atoms with E-state index in [-0.39, 0.29) is 29.0 Å². The minimum Gasteiger partial charge on any atom is -0.492 e. The topological polar surface area (TPSA) is 96.0 Å². The molecule has 8 nitrogen and oxygen atoms in total. The number of amides is 2. The number of hydrogen-bond donors (Lipinski definition) is 1. The first kappa shape index (κ1) is 34.2. The van der Waals surface area contributed by atoms with Crippen LogP contribution in [0.15, 0.2) is 71.6 Å². The molecule has 0 aliphatic rings. The minimum absolute atomic E-state index is 0.00878. The molecule has 0 aromatic heterocycles. The fourth-order valence-electron chi connectivity index (χ4n) is 4.47. The van der Waals surface area contributed by atoms with Crippen molar-refractivity contribution in [3.05, 3.63) is 87.9 Å². The number of benzene rings is 3. The number of rotatable bonds is 14. The highest BCUT2D eigenvalue weighted by atomic mass is 35.5. The Hall–Kier alpha value is -3.27. The molecule has 0 aliphatic carbocycles. The number of aryl methyl sites for hydroxylation is 1. The molecule has 3 rings (SSSR count). The van der Waals surface area contributed by atoms with Gasteiger partial charge in [-0.3, -0.25) is 13.9 Å². The van der Waals surface area contributed by atoms with E-state index in [0.717, 1.165) is 9.87 Å². The van der Waals surface area contributed by atoms with Crippen molar-refractivity contribution < 1.29 is 22.7 Å². The Balaban J connectivity index is 2.11. The lowest BCUT2D eigenvalue weighted by molar-refractivity contribution is -0.140. The Bertz CT molecular complexity index is 1510. The smallest absolute Gasteiger partial charge is 0.264 e.